The van der Waals surface area contributed by atoms with E-state index in [1.54, 1.807) is 12.1 Å². The molecule has 2 aromatic carbocycles. The van der Waals surface area contributed by atoms with Gasteiger partial charge in [-0.05, 0) is 115 Å². The van der Waals surface area contributed by atoms with Crippen LogP contribution in [0.3, 0.4) is 0 Å². The van der Waals surface area contributed by atoms with Gasteiger partial charge in [0.15, 0.2) is 11.5 Å². The van der Waals surface area contributed by atoms with Crippen LogP contribution in [0.5, 0.6) is 11.5 Å². The topological polar surface area (TPSA) is 30.5 Å². The molecule has 0 amide bonds. The second-order valence-corrected chi connectivity index (χ2v) is 11.5. The molecule has 0 heterocycles. The molecular weight excluding hydrogens is 481 g/mol. The molecule has 4 aliphatic carbocycles. The van der Waals surface area contributed by atoms with Gasteiger partial charge in [0, 0.05) is 18.2 Å². The molecule has 0 spiro atoms. The molecule has 178 valence electrons. The first-order valence-corrected chi connectivity index (χ1v) is 13.3. The van der Waals surface area contributed by atoms with Crippen molar-refractivity contribution in [1.82, 2.24) is 5.32 Å². The fraction of sp³-hybridized carbons (Fsp3) is 0.571. The molecule has 4 bridgehead atoms. The Bertz CT molecular complexity index is 959. The number of rotatable bonds is 9. The first kappa shape index (κ1) is 23.2. The van der Waals surface area contributed by atoms with Crippen molar-refractivity contribution in [2.75, 3.05) is 6.61 Å². The molecular formula is C28H35BrFNO2. The van der Waals surface area contributed by atoms with E-state index in [0.29, 0.717) is 35.1 Å². The zero-order valence-electron chi connectivity index (χ0n) is 19.7. The smallest absolute Gasteiger partial charge is 0.175 e. The Labute approximate surface area is 205 Å². The van der Waals surface area contributed by atoms with Crippen LogP contribution in [0, 0.1) is 29.0 Å². The standard InChI is InChI=1S/C28H35BrFNO2/c1-3-32-26-12-22(11-24(29)27(26)33-17-23-6-4-5-7-25(23)30)16-31-18(2)28-13-19-8-20(14-28)10-21(9-19)15-28/h4-7,11-12,18-21,31H,3,8-10,13-17H2,1-2H3/t18-,19?,20?,21?,28?/m1/s1. The van der Waals surface area contributed by atoms with Crippen LogP contribution in [0.2, 0.25) is 0 Å². The van der Waals surface area contributed by atoms with Crippen LogP contribution < -0.4 is 14.8 Å². The molecule has 4 fully saturated rings. The van der Waals surface area contributed by atoms with Crippen LogP contribution in [0.15, 0.2) is 40.9 Å². The zero-order chi connectivity index (χ0) is 23.0. The van der Waals surface area contributed by atoms with Gasteiger partial charge >= 0.3 is 0 Å². The molecule has 5 heteroatoms. The molecule has 1 N–H and O–H groups in total. The maximum absolute atomic E-state index is 14.0. The van der Waals surface area contributed by atoms with Gasteiger partial charge < -0.3 is 14.8 Å². The number of benzene rings is 2. The third-order valence-electron chi connectivity index (χ3n) is 8.32. The molecule has 2 aromatic rings. The van der Waals surface area contributed by atoms with Crippen LogP contribution in [-0.4, -0.2) is 12.6 Å². The van der Waals surface area contributed by atoms with Gasteiger partial charge in [0.05, 0.1) is 11.1 Å². The highest BCUT2D eigenvalue weighted by atomic mass is 79.9. The molecule has 4 saturated carbocycles. The molecule has 3 nitrogen and oxygen atoms in total. The van der Waals surface area contributed by atoms with Crippen molar-refractivity contribution >= 4 is 15.9 Å². The quantitative estimate of drug-likeness (QED) is 0.381. The van der Waals surface area contributed by atoms with Crippen molar-refractivity contribution in [3.63, 3.8) is 0 Å². The van der Waals surface area contributed by atoms with Gasteiger partial charge in [-0.3, -0.25) is 0 Å². The number of halogens is 2. The second-order valence-electron chi connectivity index (χ2n) is 10.6. The minimum Gasteiger partial charge on any atom is -0.490 e. The van der Waals surface area contributed by atoms with Crippen molar-refractivity contribution in [2.24, 2.45) is 23.2 Å². The molecule has 6 rings (SSSR count). The summed E-state index contributed by atoms with van der Waals surface area (Å²) < 4.78 is 26.8. The summed E-state index contributed by atoms with van der Waals surface area (Å²) in [5, 5.41) is 3.87. The average Bonchev–Trinajstić information content (AvgIpc) is 2.77. The minimum absolute atomic E-state index is 0.159. The molecule has 33 heavy (non-hydrogen) atoms. The predicted molar refractivity (Wildman–Crippen MR) is 133 cm³/mol. The Morgan fingerprint density at radius 1 is 1.06 bits per heavy atom. The summed E-state index contributed by atoms with van der Waals surface area (Å²) >= 11 is 3.67. The van der Waals surface area contributed by atoms with Crippen LogP contribution >= 0.6 is 15.9 Å². The number of hydrogen-bond acceptors (Lipinski definition) is 3. The average molecular weight is 516 g/mol. The molecule has 0 unspecified atom stereocenters. The van der Waals surface area contributed by atoms with Crippen LogP contribution in [0.1, 0.15) is 63.5 Å². The van der Waals surface area contributed by atoms with Gasteiger partial charge in [0.2, 0.25) is 0 Å². The fourth-order valence-corrected chi connectivity index (χ4v) is 7.69. The van der Waals surface area contributed by atoms with E-state index in [4.69, 9.17) is 9.47 Å². The third kappa shape index (κ3) is 4.81. The Balaban J connectivity index is 1.27. The van der Waals surface area contributed by atoms with Crippen LogP contribution in [0.4, 0.5) is 4.39 Å². The number of nitrogens with one attached hydrogen (secondary N) is 1. The summed E-state index contributed by atoms with van der Waals surface area (Å²) in [7, 11) is 0. The van der Waals surface area contributed by atoms with E-state index in [-0.39, 0.29) is 12.4 Å². The van der Waals surface area contributed by atoms with Gasteiger partial charge in [-0.25, -0.2) is 4.39 Å². The van der Waals surface area contributed by atoms with Crippen molar-refractivity contribution in [2.45, 2.75) is 71.6 Å². The first-order chi connectivity index (χ1) is 16.0. The zero-order valence-corrected chi connectivity index (χ0v) is 21.3. The van der Waals surface area contributed by atoms with Gasteiger partial charge in [-0.15, -0.1) is 0 Å². The number of ether oxygens (including phenoxy) is 2. The molecule has 0 aliphatic heterocycles. The van der Waals surface area contributed by atoms with Crippen LogP contribution in [-0.2, 0) is 13.2 Å². The van der Waals surface area contributed by atoms with Gasteiger partial charge in [-0.2, -0.15) is 0 Å². The molecule has 4 aliphatic rings. The maximum atomic E-state index is 14.0. The van der Waals surface area contributed by atoms with E-state index in [9.17, 15) is 4.39 Å². The Morgan fingerprint density at radius 3 is 2.36 bits per heavy atom. The Kier molecular flexibility index (Phi) is 6.72. The normalized spacial score (nSPS) is 28.7. The van der Waals surface area contributed by atoms with Gasteiger partial charge in [0.25, 0.3) is 0 Å². The fourth-order valence-electron chi connectivity index (χ4n) is 7.09. The molecule has 0 saturated heterocycles. The van der Waals surface area contributed by atoms with E-state index in [1.807, 2.05) is 13.0 Å². The summed E-state index contributed by atoms with van der Waals surface area (Å²) in [6.07, 6.45) is 8.65. The van der Waals surface area contributed by atoms with Gasteiger partial charge in [0.1, 0.15) is 12.4 Å². The number of hydrogen-bond donors (Lipinski definition) is 1. The SMILES string of the molecule is CCOc1cc(CN[C@H](C)C23CC4CC(CC(C4)C2)C3)cc(Br)c1OCc1ccccc1F. The summed E-state index contributed by atoms with van der Waals surface area (Å²) in [4.78, 5) is 0. The maximum Gasteiger partial charge on any atom is 0.175 e. The van der Waals surface area contributed by atoms with Crippen molar-refractivity contribution in [3.05, 3.63) is 57.8 Å². The summed E-state index contributed by atoms with van der Waals surface area (Å²) in [5.41, 5.74) is 2.18. The Morgan fingerprint density at radius 2 is 1.73 bits per heavy atom. The lowest BCUT2D eigenvalue weighted by molar-refractivity contribution is -0.0706. The Hall–Kier alpha value is -1.59. The lowest BCUT2D eigenvalue weighted by Gasteiger charge is -2.59. The summed E-state index contributed by atoms with van der Waals surface area (Å²) in [6.45, 7) is 5.87. The molecule has 0 radical (unpaired) electrons. The monoisotopic (exact) mass is 515 g/mol. The highest BCUT2D eigenvalue weighted by molar-refractivity contribution is 9.10. The largest absolute Gasteiger partial charge is 0.490 e. The van der Waals surface area contributed by atoms with E-state index in [0.717, 1.165) is 28.8 Å². The highest BCUT2D eigenvalue weighted by Crippen LogP contribution is 2.61. The van der Waals surface area contributed by atoms with E-state index < -0.39 is 0 Å². The summed E-state index contributed by atoms with van der Waals surface area (Å²) in [5.74, 6) is 3.95. The minimum atomic E-state index is -0.258. The van der Waals surface area contributed by atoms with E-state index in [1.165, 1.54) is 50.2 Å². The van der Waals surface area contributed by atoms with Crippen molar-refractivity contribution < 1.29 is 13.9 Å². The summed E-state index contributed by atoms with van der Waals surface area (Å²) in [6, 6.07) is 11.4. The van der Waals surface area contributed by atoms with Gasteiger partial charge in [-0.1, -0.05) is 18.2 Å². The molecule has 0 aromatic heterocycles. The van der Waals surface area contributed by atoms with Crippen molar-refractivity contribution in [1.29, 1.82) is 0 Å². The lowest BCUT2D eigenvalue weighted by Crippen LogP contribution is -2.54. The molecule has 1 atom stereocenters. The van der Waals surface area contributed by atoms with Crippen LogP contribution in [0.25, 0.3) is 0 Å². The van der Waals surface area contributed by atoms with E-state index in [2.05, 4.69) is 40.3 Å². The van der Waals surface area contributed by atoms with E-state index >= 15 is 0 Å². The second kappa shape index (κ2) is 9.58. The van der Waals surface area contributed by atoms with Crippen molar-refractivity contribution in [3.8, 4) is 11.5 Å². The highest BCUT2D eigenvalue weighted by Gasteiger charge is 2.52. The lowest BCUT2D eigenvalue weighted by atomic mass is 9.48. The predicted octanol–water partition coefficient (Wildman–Crippen LogP) is 7.26. The first-order valence-electron chi connectivity index (χ1n) is 12.5. The third-order valence-corrected chi connectivity index (χ3v) is 8.90.